The summed E-state index contributed by atoms with van der Waals surface area (Å²) in [5.41, 5.74) is 3.51. The topological polar surface area (TPSA) is 25.0 Å². The van der Waals surface area contributed by atoms with Crippen molar-refractivity contribution in [3.8, 4) is 5.75 Å². The lowest BCUT2D eigenvalue weighted by Crippen LogP contribution is -1.94. The van der Waals surface area contributed by atoms with Gasteiger partial charge in [0.2, 0.25) is 0 Å². The SMILES string of the molecule is Cc1ccc2cc(COc3ccc(Br)cc3)[nH]c2c1. The number of hydrogen-bond donors (Lipinski definition) is 1. The van der Waals surface area contributed by atoms with Gasteiger partial charge in [-0.2, -0.15) is 0 Å². The van der Waals surface area contributed by atoms with Crippen LogP contribution in [0.1, 0.15) is 11.3 Å². The summed E-state index contributed by atoms with van der Waals surface area (Å²) in [7, 11) is 0. The second kappa shape index (κ2) is 5.10. The van der Waals surface area contributed by atoms with E-state index in [1.54, 1.807) is 0 Å². The van der Waals surface area contributed by atoms with E-state index in [4.69, 9.17) is 4.74 Å². The third kappa shape index (κ3) is 2.82. The summed E-state index contributed by atoms with van der Waals surface area (Å²) in [4.78, 5) is 3.38. The molecule has 0 unspecified atom stereocenters. The Kier molecular flexibility index (Phi) is 3.30. The number of hydrogen-bond acceptors (Lipinski definition) is 1. The Labute approximate surface area is 120 Å². The predicted molar refractivity (Wildman–Crippen MR) is 81.5 cm³/mol. The number of nitrogens with one attached hydrogen (secondary N) is 1. The number of benzene rings is 2. The molecule has 0 radical (unpaired) electrons. The van der Waals surface area contributed by atoms with Crippen molar-refractivity contribution < 1.29 is 4.74 Å². The summed E-state index contributed by atoms with van der Waals surface area (Å²) >= 11 is 3.41. The van der Waals surface area contributed by atoms with E-state index in [0.717, 1.165) is 21.4 Å². The van der Waals surface area contributed by atoms with Crippen LogP contribution in [0.25, 0.3) is 10.9 Å². The first-order valence-corrected chi connectivity index (χ1v) is 6.97. The molecule has 0 amide bonds. The highest BCUT2D eigenvalue weighted by Gasteiger charge is 2.02. The minimum absolute atomic E-state index is 0.551. The third-order valence-electron chi connectivity index (χ3n) is 3.04. The van der Waals surface area contributed by atoms with Gasteiger partial charge in [-0.15, -0.1) is 0 Å². The maximum Gasteiger partial charge on any atom is 0.128 e. The summed E-state index contributed by atoms with van der Waals surface area (Å²) in [5, 5.41) is 1.22. The van der Waals surface area contributed by atoms with Gasteiger partial charge in [-0.05, 0) is 54.3 Å². The maximum absolute atomic E-state index is 5.75. The summed E-state index contributed by atoms with van der Waals surface area (Å²) in [6, 6.07) is 16.4. The number of fused-ring (bicyclic) bond motifs is 1. The highest BCUT2D eigenvalue weighted by atomic mass is 79.9. The molecule has 0 bridgehead atoms. The third-order valence-corrected chi connectivity index (χ3v) is 3.57. The predicted octanol–water partition coefficient (Wildman–Crippen LogP) is 4.82. The van der Waals surface area contributed by atoms with Crippen molar-refractivity contribution in [1.82, 2.24) is 4.98 Å². The molecule has 2 nitrogen and oxygen atoms in total. The first-order valence-electron chi connectivity index (χ1n) is 6.17. The second-order valence-electron chi connectivity index (χ2n) is 4.63. The Morgan fingerprint density at radius 1 is 1.05 bits per heavy atom. The van der Waals surface area contributed by atoms with Crippen LogP contribution in [0.4, 0.5) is 0 Å². The molecular weight excluding hydrogens is 302 g/mol. The van der Waals surface area contributed by atoms with Crippen molar-refractivity contribution in [3.63, 3.8) is 0 Å². The van der Waals surface area contributed by atoms with Crippen LogP contribution in [-0.2, 0) is 6.61 Å². The molecule has 0 fully saturated rings. The Balaban J connectivity index is 1.76. The molecule has 2 aromatic carbocycles. The van der Waals surface area contributed by atoms with E-state index in [-0.39, 0.29) is 0 Å². The van der Waals surface area contributed by atoms with Crippen LogP contribution in [0.15, 0.2) is 53.0 Å². The zero-order chi connectivity index (χ0) is 13.2. The number of aryl methyl sites for hydroxylation is 1. The standard InChI is InChI=1S/C16H14BrNO/c1-11-2-3-12-9-14(18-16(12)8-11)10-19-15-6-4-13(17)5-7-15/h2-9,18H,10H2,1H3. The molecule has 1 heterocycles. The molecule has 0 aliphatic carbocycles. The quantitative estimate of drug-likeness (QED) is 0.736. The molecular formula is C16H14BrNO. The van der Waals surface area contributed by atoms with E-state index in [9.17, 15) is 0 Å². The van der Waals surface area contributed by atoms with E-state index in [1.807, 2.05) is 24.3 Å². The van der Waals surface area contributed by atoms with Crippen molar-refractivity contribution in [2.24, 2.45) is 0 Å². The molecule has 1 N–H and O–H groups in total. The molecule has 0 saturated heterocycles. The summed E-state index contributed by atoms with van der Waals surface area (Å²) in [5.74, 6) is 0.873. The van der Waals surface area contributed by atoms with Crippen LogP contribution >= 0.6 is 15.9 Å². The Hall–Kier alpha value is -1.74. The minimum atomic E-state index is 0.551. The second-order valence-corrected chi connectivity index (χ2v) is 5.54. The van der Waals surface area contributed by atoms with Crippen LogP contribution in [0.3, 0.4) is 0 Å². The van der Waals surface area contributed by atoms with Crippen LogP contribution in [-0.4, -0.2) is 4.98 Å². The largest absolute Gasteiger partial charge is 0.487 e. The highest BCUT2D eigenvalue weighted by Crippen LogP contribution is 2.20. The average molecular weight is 316 g/mol. The van der Waals surface area contributed by atoms with Crippen molar-refractivity contribution >= 4 is 26.8 Å². The van der Waals surface area contributed by atoms with E-state index in [2.05, 4.69) is 52.1 Å². The summed E-state index contributed by atoms with van der Waals surface area (Å²) in [6.07, 6.45) is 0. The van der Waals surface area contributed by atoms with E-state index < -0.39 is 0 Å². The van der Waals surface area contributed by atoms with Gasteiger partial charge in [-0.3, -0.25) is 0 Å². The number of aromatic nitrogens is 1. The number of ether oxygens (including phenoxy) is 1. The van der Waals surface area contributed by atoms with Gasteiger partial charge in [-0.1, -0.05) is 28.1 Å². The molecule has 0 aliphatic heterocycles. The smallest absolute Gasteiger partial charge is 0.128 e. The maximum atomic E-state index is 5.75. The molecule has 0 aliphatic rings. The van der Waals surface area contributed by atoms with Crippen molar-refractivity contribution in [3.05, 3.63) is 64.3 Å². The van der Waals surface area contributed by atoms with Gasteiger partial charge in [0.25, 0.3) is 0 Å². The van der Waals surface area contributed by atoms with Gasteiger partial charge in [0.1, 0.15) is 12.4 Å². The summed E-state index contributed by atoms with van der Waals surface area (Å²) in [6.45, 7) is 2.65. The molecule has 1 aromatic heterocycles. The fraction of sp³-hybridized carbons (Fsp3) is 0.125. The first kappa shape index (κ1) is 12.3. The average Bonchev–Trinajstić information content (AvgIpc) is 2.80. The van der Waals surface area contributed by atoms with E-state index in [1.165, 1.54) is 10.9 Å². The van der Waals surface area contributed by atoms with Gasteiger partial charge in [-0.25, -0.2) is 0 Å². The van der Waals surface area contributed by atoms with Gasteiger partial charge < -0.3 is 9.72 Å². The molecule has 3 heteroatoms. The Morgan fingerprint density at radius 3 is 2.63 bits per heavy atom. The van der Waals surface area contributed by atoms with E-state index >= 15 is 0 Å². The van der Waals surface area contributed by atoms with Crippen LogP contribution in [0.2, 0.25) is 0 Å². The Morgan fingerprint density at radius 2 is 1.84 bits per heavy atom. The number of aromatic amines is 1. The van der Waals surface area contributed by atoms with Gasteiger partial charge in [0.05, 0.1) is 5.69 Å². The normalized spacial score (nSPS) is 10.8. The number of H-pyrrole nitrogens is 1. The summed E-state index contributed by atoms with van der Waals surface area (Å²) < 4.78 is 6.81. The monoisotopic (exact) mass is 315 g/mol. The molecule has 0 atom stereocenters. The number of rotatable bonds is 3. The van der Waals surface area contributed by atoms with Crippen molar-refractivity contribution in [1.29, 1.82) is 0 Å². The number of halogens is 1. The van der Waals surface area contributed by atoms with Gasteiger partial charge >= 0.3 is 0 Å². The Bertz CT molecular complexity index is 700. The lowest BCUT2D eigenvalue weighted by molar-refractivity contribution is 0.302. The minimum Gasteiger partial charge on any atom is -0.487 e. The van der Waals surface area contributed by atoms with Crippen LogP contribution in [0.5, 0.6) is 5.75 Å². The fourth-order valence-corrected chi connectivity index (χ4v) is 2.33. The molecule has 96 valence electrons. The van der Waals surface area contributed by atoms with Crippen LogP contribution in [0, 0.1) is 6.92 Å². The molecule has 3 aromatic rings. The molecule has 0 spiro atoms. The zero-order valence-corrected chi connectivity index (χ0v) is 12.2. The fourth-order valence-electron chi connectivity index (χ4n) is 2.07. The zero-order valence-electron chi connectivity index (χ0n) is 10.6. The van der Waals surface area contributed by atoms with E-state index in [0.29, 0.717) is 6.61 Å². The lowest BCUT2D eigenvalue weighted by atomic mass is 10.2. The molecule has 0 saturated carbocycles. The van der Waals surface area contributed by atoms with Crippen molar-refractivity contribution in [2.75, 3.05) is 0 Å². The molecule has 19 heavy (non-hydrogen) atoms. The van der Waals surface area contributed by atoms with Crippen molar-refractivity contribution in [2.45, 2.75) is 13.5 Å². The van der Waals surface area contributed by atoms with Gasteiger partial charge in [0, 0.05) is 9.99 Å². The highest BCUT2D eigenvalue weighted by molar-refractivity contribution is 9.10. The van der Waals surface area contributed by atoms with Gasteiger partial charge in [0.15, 0.2) is 0 Å². The first-order chi connectivity index (χ1) is 9.20. The van der Waals surface area contributed by atoms with Crippen LogP contribution < -0.4 is 4.74 Å². The molecule has 3 rings (SSSR count). The lowest BCUT2D eigenvalue weighted by Gasteiger charge is -2.04.